The number of halogens is 1. The number of rotatable bonds is 2. The molecular formula is C17H25ClN4O2. The first kappa shape index (κ1) is 18.7. The number of piperidine rings is 1. The summed E-state index contributed by atoms with van der Waals surface area (Å²) in [6.45, 7) is 7.75. The van der Waals surface area contributed by atoms with E-state index in [1.807, 2.05) is 18.0 Å². The first-order chi connectivity index (χ1) is 10.9. The van der Waals surface area contributed by atoms with Gasteiger partial charge in [0, 0.05) is 30.7 Å². The van der Waals surface area contributed by atoms with Gasteiger partial charge in [-0.05, 0) is 26.0 Å². The van der Waals surface area contributed by atoms with Crippen LogP contribution in [0.2, 0.25) is 0 Å². The summed E-state index contributed by atoms with van der Waals surface area (Å²) in [5, 5.41) is 8.22. The van der Waals surface area contributed by atoms with E-state index in [2.05, 4.69) is 36.2 Å². The van der Waals surface area contributed by atoms with Crippen molar-refractivity contribution in [3.05, 3.63) is 23.5 Å². The molecule has 0 spiro atoms. The van der Waals surface area contributed by atoms with Crippen LogP contribution in [0.4, 0.5) is 0 Å². The number of hydrogen-bond donors (Lipinski definition) is 1. The van der Waals surface area contributed by atoms with E-state index in [0.717, 1.165) is 37.0 Å². The van der Waals surface area contributed by atoms with Gasteiger partial charge in [-0.25, -0.2) is 4.98 Å². The van der Waals surface area contributed by atoms with Crippen LogP contribution in [0.5, 0.6) is 0 Å². The number of fused-ring (bicyclic) bond motifs is 1. The molecule has 2 aromatic heterocycles. The lowest BCUT2D eigenvalue weighted by atomic mass is 9.90. The molecule has 24 heavy (non-hydrogen) atoms. The van der Waals surface area contributed by atoms with Gasteiger partial charge in [0.05, 0.1) is 16.6 Å². The second-order valence-electron chi connectivity index (χ2n) is 7.24. The van der Waals surface area contributed by atoms with E-state index in [9.17, 15) is 4.79 Å². The standard InChI is InChI=1S/C17H24N4O2.ClH/c1-17(2,3)14-13-8-11(9-19-15(13)23-20-14)16(22)21-7-5-6-12(10-21)18-4;/h8-9,12,18H,5-7,10H2,1-4H3;1H. The van der Waals surface area contributed by atoms with E-state index in [0.29, 0.717) is 17.3 Å². The van der Waals surface area contributed by atoms with Crippen LogP contribution in [0.3, 0.4) is 0 Å². The van der Waals surface area contributed by atoms with Crippen molar-refractivity contribution in [2.75, 3.05) is 20.1 Å². The van der Waals surface area contributed by atoms with Crippen LogP contribution in [0, 0.1) is 0 Å². The Bertz CT molecular complexity index is 723. The van der Waals surface area contributed by atoms with E-state index in [-0.39, 0.29) is 23.7 Å². The zero-order chi connectivity index (χ0) is 16.6. The quantitative estimate of drug-likeness (QED) is 0.899. The maximum Gasteiger partial charge on any atom is 0.257 e. The summed E-state index contributed by atoms with van der Waals surface area (Å²) < 4.78 is 5.29. The Labute approximate surface area is 148 Å². The number of amides is 1. The highest BCUT2D eigenvalue weighted by Crippen LogP contribution is 2.29. The van der Waals surface area contributed by atoms with Crippen molar-refractivity contribution in [3.63, 3.8) is 0 Å². The van der Waals surface area contributed by atoms with Crippen LogP contribution in [0.15, 0.2) is 16.8 Å². The molecule has 2 aromatic rings. The highest BCUT2D eigenvalue weighted by molar-refractivity contribution is 5.97. The number of likely N-dealkylation sites (N-methyl/N-ethyl adjacent to an activating group) is 1. The minimum atomic E-state index is -0.156. The summed E-state index contributed by atoms with van der Waals surface area (Å²) in [7, 11) is 1.94. The number of likely N-dealkylation sites (tertiary alicyclic amines) is 1. The topological polar surface area (TPSA) is 71.3 Å². The largest absolute Gasteiger partial charge is 0.337 e. The summed E-state index contributed by atoms with van der Waals surface area (Å²) in [5.74, 6) is 0.0282. The molecule has 6 nitrogen and oxygen atoms in total. The Morgan fingerprint density at radius 3 is 2.83 bits per heavy atom. The van der Waals surface area contributed by atoms with Crippen molar-refractivity contribution in [1.29, 1.82) is 0 Å². The highest BCUT2D eigenvalue weighted by atomic mass is 35.5. The number of carbonyl (C=O) groups is 1. The van der Waals surface area contributed by atoms with Gasteiger partial charge in [0.15, 0.2) is 0 Å². The molecule has 132 valence electrons. The molecule has 1 amide bonds. The summed E-state index contributed by atoms with van der Waals surface area (Å²) in [6, 6.07) is 2.23. The van der Waals surface area contributed by atoms with Crippen LogP contribution >= 0.6 is 12.4 Å². The second kappa shape index (κ2) is 7.07. The number of pyridine rings is 1. The summed E-state index contributed by atoms with van der Waals surface area (Å²) >= 11 is 0. The van der Waals surface area contributed by atoms with Gasteiger partial charge in [0.2, 0.25) is 0 Å². The third kappa shape index (κ3) is 3.54. The number of hydrogen-bond acceptors (Lipinski definition) is 5. The maximum atomic E-state index is 12.8. The smallest absolute Gasteiger partial charge is 0.257 e. The first-order valence-electron chi connectivity index (χ1n) is 8.12. The molecule has 3 heterocycles. The number of aromatic nitrogens is 2. The molecule has 1 aliphatic rings. The Morgan fingerprint density at radius 2 is 2.17 bits per heavy atom. The fraction of sp³-hybridized carbons (Fsp3) is 0.588. The van der Waals surface area contributed by atoms with Gasteiger partial charge in [-0.1, -0.05) is 25.9 Å². The molecular weight excluding hydrogens is 328 g/mol. The van der Waals surface area contributed by atoms with Gasteiger partial charge in [-0.3, -0.25) is 4.79 Å². The van der Waals surface area contributed by atoms with Crippen molar-refractivity contribution in [1.82, 2.24) is 20.4 Å². The molecule has 7 heteroatoms. The molecule has 0 saturated carbocycles. The average Bonchev–Trinajstić information content (AvgIpc) is 2.97. The van der Waals surface area contributed by atoms with Crippen molar-refractivity contribution in [2.45, 2.75) is 45.1 Å². The van der Waals surface area contributed by atoms with Crippen LogP contribution in [-0.2, 0) is 5.41 Å². The monoisotopic (exact) mass is 352 g/mol. The lowest BCUT2D eigenvalue weighted by molar-refractivity contribution is 0.0698. The van der Waals surface area contributed by atoms with E-state index < -0.39 is 0 Å². The zero-order valence-corrected chi connectivity index (χ0v) is 15.4. The van der Waals surface area contributed by atoms with E-state index in [1.54, 1.807) is 6.20 Å². The van der Waals surface area contributed by atoms with E-state index >= 15 is 0 Å². The van der Waals surface area contributed by atoms with Crippen LogP contribution < -0.4 is 5.32 Å². The minimum absolute atomic E-state index is 0. The molecule has 0 radical (unpaired) electrons. The van der Waals surface area contributed by atoms with Crippen molar-refractivity contribution >= 4 is 29.4 Å². The van der Waals surface area contributed by atoms with Crippen LogP contribution in [-0.4, -0.2) is 47.1 Å². The van der Waals surface area contributed by atoms with Gasteiger partial charge >= 0.3 is 0 Å². The number of nitrogens with zero attached hydrogens (tertiary/aromatic N) is 3. The maximum absolute atomic E-state index is 12.8. The predicted molar refractivity (Wildman–Crippen MR) is 95.7 cm³/mol. The fourth-order valence-electron chi connectivity index (χ4n) is 3.07. The third-order valence-corrected chi connectivity index (χ3v) is 4.40. The molecule has 3 rings (SSSR count). The molecule has 1 aliphatic heterocycles. The Kier molecular flexibility index (Phi) is 5.50. The normalized spacial score (nSPS) is 18.5. The number of nitrogens with one attached hydrogen (secondary N) is 1. The van der Waals surface area contributed by atoms with Gasteiger partial charge < -0.3 is 14.7 Å². The molecule has 1 unspecified atom stereocenters. The Balaban J connectivity index is 0.00000208. The highest BCUT2D eigenvalue weighted by Gasteiger charge is 2.26. The van der Waals surface area contributed by atoms with Crippen molar-refractivity contribution in [3.8, 4) is 0 Å². The first-order valence-corrected chi connectivity index (χ1v) is 8.12. The molecule has 0 bridgehead atoms. The summed E-state index contributed by atoms with van der Waals surface area (Å²) in [4.78, 5) is 19.0. The van der Waals surface area contributed by atoms with Gasteiger partial charge in [0.25, 0.3) is 11.6 Å². The van der Waals surface area contributed by atoms with Crippen molar-refractivity contribution in [2.24, 2.45) is 0 Å². The summed E-state index contributed by atoms with van der Waals surface area (Å²) in [6.07, 6.45) is 3.72. The molecule has 0 aromatic carbocycles. The van der Waals surface area contributed by atoms with Gasteiger partial charge in [0.1, 0.15) is 0 Å². The van der Waals surface area contributed by atoms with E-state index in [4.69, 9.17) is 4.52 Å². The SMILES string of the molecule is CNC1CCCN(C(=O)c2cnc3onc(C(C)(C)C)c3c2)C1.Cl. The zero-order valence-electron chi connectivity index (χ0n) is 14.6. The molecule has 1 N–H and O–H groups in total. The minimum Gasteiger partial charge on any atom is -0.337 e. The number of carbonyl (C=O) groups excluding carboxylic acids is 1. The second-order valence-corrected chi connectivity index (χ2v) is 7.24. The van der Waals surface area contributed by atoms with Gasteiger partial charge in [-0.15, -0.1) is 12.4 Å². The average molecular weight is 353 g/mol. The van der Waals surface area contributed by atoms with Gasteiger partial charge in [-0.2, -0.15) is 0 Å². The third-order valence-electron chi connectivity index (χ3n) is 4.40. The lowest BCUT2D eigenvalue weighted by Gasteiger charge is -2.32. The molecule has 1 fully saturated rings. The predicted octanol–water partition coefficient (Wildman–Crippen LogP) is 2.77. The van der Waals surface area contributed by atoms with Crippen LogP contribution in [0.25, 0.3) is 11.1 Å². The van der Waals surface area contributed by atoms with Crippen LogP contribution in [0.1, 0.15) is 49.7 Å². The molecule has 1 saturated heterocycles. The molecule has 0 aliphatic carbocycles. The summed E-state index contributed by atoms with van der Waals surface area (Å²) in [5.41, 5.74) is 1.76. The Hall–Kier alpha value is -1.66. The Morgan fingerprint density at radius 1 is 1.42 bits per heavy atom. The van der Waals surface area contributed by atoms with Crippen molar-refractivity contribution < 1.29 is 9.32 Å². The lowest BCUT2D eigenvalue weighted by Crippen LogP contribution is -2.46. The van der Waals surface area contributed by atoms with E-state index in [1.165, 1.54) is 0 Å². The molecule has 1 atom stereocenters. The fourth-order valence-corrected chi connectivity index (χ4v) is 3.07.